The second kappa shape index (κ2) is 12.9. The van der Waals surface area contributed by atoms with E-state index in [0.717, 1.165) is 41.9 Å². The van der Waals surface area contributed by atoms with Crippen molar-refractivity contribution in [1.29, 1.82) is 0 Å². The van der Waals surface area contributed by atoms with Gasteiger partial charge in [-0.15, -0.1) is 34.2 Å². The van der Waals surface area contributed by atoms with Gasteiger partial charge in [0.2, 0.25) is 0 Å². The molecule has 0 fully saturated rings. The molecule has 0 saturated carbocycles. The Bertz CT molecular complexity index is 801. The molecule has 0 radical (unpaired) electrons. The number of hydrogen-bond acceptors (Lipinski definition) is 5. The molecule has 10 heteroatoms. The summed E-state index contributed by atoms with van der Waals surface area (Å²) in [6, 6.07) is 4.99. The van der Waals surface area contributed by atoms with Crippen molar-refractivity contribution in [2.75, 3.05) is 32.7 Å². The summed E-state index contributed by atoms with van der Waals surface area (Å²) >= 11 is 1.82. The highest BCUT2D eigenvalue weighted by atomic mass is 127. The van der Waals surface area contributed by atoms with E-state index in [9.17, 15) is 4.39 Å². The zero-order valence-electron chi connectivity index (χ0n) is 17.6. The third-order valence-corrected chi connectivity index (χ3v) is 5.06. The molecule has 1 aromatic heterocycles. The Kier molecular flexibility index (Phi) is 11.3. The van der Waals surface area contributed by atoms with Gasteiger partial charge in [0.25, 0.3) is 0 Å². The Morgan fingerprint density at radius 2 is 2.14 bits per heavy atom. The van der Waals surface area contributed by atoms with Crippen LogP contribution in [-0.4, -0.2) is 58.3 Å². The van der Waals surface area contributed by atoms with E-state index in [0.29, 0.717) is 13.1 Å². The van der Waals surface area contributed by atoms with Crippen molar-refractivity contribution >= 4 is 41.7 Å². The first-order chi connectivity index (χ1) is 13.5. The Labute approximate surface area is 193 Å². The zero-order valence-corrected chi connectivity index (χ0v) is 20.8. The maximum Gasteiger partial charge on any atom is 0.194 e. The highest BCUT2D eigenvalue weighted by Gasteiger charge is 2.11. The molecule has 29 heavy (non-hydrogen) atoms. The van der Waals surface area contributed by atoms with Crippen molar-refractivity contribution in [2.45, 2.75) is 26.4 Å². The van der Waals surface area contributed by atoms with Gasteiger partial charge < -0.3 is 19.5 Å². The van der Waals surface area contributed by atoms with Crippen LogP contribution in [0.5, 0.6) is 5.75 Å². The Balaban J connectivity index is 0.00000420. The lowest BCUT2D eigenvalue weighted by atomic mass is 10.2. The summed E-state index contributed by atoms with van der Waals surface area (Å²) in [5.41, 5.74) is 0.842. The van der Waals surface area contributed by atoms with E-state index in [1.54, 1.807) is 6.07 Å². The van der Waals surface area contributed by atoms with E-state index < -0.39 is 0 Å². The number of aromatic nitrogens is 3. The summed E-state index contributed by atoms with van der Waals surface area (Å²) in [4.78, 5) is 6.68. The van der Waals surface area contributed by atoms with Crippen LogP contribution >= 0.6 is 35.7 Å². The summed E-state index contributed by atoms with van der Waals surface area (Å²) in [6.45, 7) is 3.67. The molecule has 0 aliphatic heterocycles. The normalized spacial score (nSPS) is 11.2. The lowest BCUT2D eigenvalue weighted by Gasteiger charge is -2.23. The van der Waals surface area contributed by atoms with Crippen LogP contribution in [0.3, 0.4) is 0 Å². The smallest absolute Gasteiger partial charge is 0.194 e. The van der Waals surface area contributed by atoms with Gasteiger partial charge in [0.1, 0.15) is 12.4 Å². The van der Waals surface area contributed by atoms with Gasteiger partial charge in [-0.3, -0.25) is 0 Å². The van der Waals surface area contributed by atoms with Crippen molar-refractivity contribution in [3.8, 4) is 5.75 Å². The van der Waals surface area contributed by atoms with Gasteiger partial charge in [-0.1, -0.05) is 6.07 Å². The van der Waals surface area contributed by atoms with Crippen molar-refractivity contribution in [2.24, 2.45) is 12.0 Å². The summed E-state index contributed by atoms with van der Waals surface area (Å²) in [7, 11) is 5.32. The molecule has 1 N–H and O–H groups in total. The van der Waals surface area contributed by atoms with Crippen LogP contribution < -0.4 is 10.1 Å². The quantitative estimate of drug-likeness (QED) is 0.230. The predicted molar refractivity (Wildman–Crippen MR) is 128 cm³/mol. The maximum absolute atomic E-state index is 14.0. The number of aliphatic imine (C=N–C) groups is 1. The minimum absolute atomic E-state index is 0. The molecule has 1 heterocycles. The number of ether oxygens (including phenoxy) is 1. The van der Waals surface area contributed by atoms with E-state index in [1.165, 1.54) is 13.2 Å². The fourth-order valence-electron chi connectivity index (χ4n) is 2.62. The number of guanidine groups is 1. The van der Waals surface area contributed by atoms with Gasteiger partial charge in [0.15, 0.2) is 23.4 Å². The van der Waals surface area contributed by atoms with Gasteiger partial charge in [0, 0.05) is 27.2 Å². The van der Waals surface area contributed by atoms with Crippen LogP contribution in [0.1, 0.15) is 23.6 Å². The molecular formula is C19H30FIN6OS. The monoisotopic (exact) mass is 536 g/mol. The lowest BCUT2D eigenvalue weighted by Crippen LogP contribution is -2.39. The van der Waals surface area contributed by atoms with E-state index in [2.05, 4.69) is 21.8 Å². The number of nitrogens with zero attached hydrogens (tertiary/aromatic N) is 5. The van der Waals surface area contributed by atoms with E-state index in [-0.39, 0.29) is 35.5 Å². The number of nitrogens with one attached hydrogen (secondary N) is 1. The van der Waals surface area contributed by atoms with Crippen molar-refractivity contribution in [3.63, 3.8) is 0 Å². The highest BCUT2D eigenvalue weighted by Crippen LogP contribution is 2.18. The minimum atomic E-state index is -0.366. The number of aryl methyl sites for hydroxylation is 1. The minimum Gasteiger partial charge on any atom is -0.494 e. The number of hydrogen-bond donors (Lipinski definition) is 1. The zero-order chi connectivity index (χ0) is 20.5. The fourth-order valence-corrected chi connectivity index (χ4v) is 3.05. The van der Waals surface area contributed by atoms with Gasteiger partial charge in [-0.05, 0) is 43.0 Å². The van der Waals surface area contributed by atoms with E-state index >= 15 is 0 Å². The van der Waals surface area contributed by atoms with Gasteiger partial charge in [0.05, 0.1) is 7.11 Å². The molecular weight excluding hydrogens is 506 g/mol. The average molecular weight is 536 g/mol. The molecule has 0 aliphatic rings. The topological polar surface area (TPSA) is 67.6 Å². The highest BCUT2D eigenvalue weighted by molar-refractivity contribution is 14.0. The van der Waals surface area contributed by atoms with Crippen LogP contribution in [0, 0.1) is 12.7 Å². The number of methoxy groups -OCH3 is 1. The predicted octanol–water partition coefficient (Wildman–Crippen LogP) is 3.22. The van der Waals surface area contributed by atoms with Gasteiger partial charge in [-0.2, -0.15) is 11.8 Å². The van der Waals surface area contributed by atoms with Crippen molar-refractivity contribution in [1.82, 2.24) is 25.0 Å². The van der Waals surface area contributed by atoms with Crippen LogP contribution in [-0.2, 0) is 20.1 Å². The van der Waals surface area contributed by atoms with Gasteiger partial charge >= 0.3 is 0 Å². The molecule has 0 unspecified atom stereocenters. The van der Waals surface area contributed by atoms with E-state index in [1.807, 2.05) is 48.3 Å². The second-order valence-electron chi connectivity index (χ2n) is 6.46. The molecule has 2 aromatic rings. The Morgan fingerprint density at radius 1 is 1.38 bits per heavy atom. The SMILES string of the molecule is COc1ccc(CN(C)C(=NCc2nnc(C)n2C)NCCCSC)cc1F.I. The van der Waals surface area contributed by atoms with Crippen LogP contribution in [0.15, 0.2) is 23.2 Å². The Morgan fingerprint density at radius 3 is 2.72 bits per heavy atom. The fraction of sp³-hybridized carbons (Fsp3) is 0.526. The maximum atomic E-state index is 14.0. The number of benzene rings is 1. The first-order valence-corrected chi connectivity index (χ1v) is 10.5. The Hall–Kier alpha value is -1.56. The first-order valence-electron chi connectivity index (χ1n) is 9.12. The standard InChI is InChI=1S/C19H29FN6OS.HI/c1-14-23-24-18(26(14)3)12-22-19(21-9-6-10-28-5)25(2)13-15-7-8-17(27-4)16(20)11-15;/h7-8,11H,6,9-10,12-13H2,1-5H3,(H,21,22);1H. The molecule has 7 nitrogen and oxygen atoms in total. The lowest BCUT2D eigenvalue weighted by molar-refractivity contribution is 0.385. The molecule has 0 saturated heterocycles. The summed E-state index contributed by atoms with van der Waals surface area (Å²) in [6.07, 6.45) is 3.13. The molecule has 1 aromatic carbocycles. The van der Waals surface area contributed by atoms with Crippen LogP contribution in [0.2, 0.25) is 0 Å². The third-order valence-electron chi connectivity index (χ3n) is 4.36. The van der Waals surface area contributed by atoms with Crippen LogP contribution in [0.4, 0.5) is 4.39 Å². The number of thioether (sulfide) groups is 1. The average Bonchev–Trinajstić information content (AvgIpc) is 2.99. The molecule has 0 bridgehead atoms. The van der Waals surface area contributed by atoms with Crippen LogP contribution in [0.25, 0.3) is 0 Å². The van der Waals surface area contributed by atoms with E-state index in [4.69, 9.17) is 9.73 Å². The number of halogens is 2. The second-order valence-corrected chi connectivity index (χ2v) is 7.45. The van der Waals surface area contributed by atoms with Crippen molar-refractivity contribution < 1.29 is 9.13 Å². The molecule has 2 rings (SSSR count). The van der Waals surface area contributed by atoms with Gasteiger partial charge in [-0.25, -0.2) is 9.38 Å². The summed E-state index contributed by atoms with van der Waals surface area (Å²) in [5.74, 6) is 3.35. The molecule has 0 aliphatic carbocycles. The van der Waals surface area contributed by atoms with Crippen molar-refractivity contribution in [3.05, 3.63) is 41.2 Å². The third kappa shape index (κ3) is 7.65. The molecule has 0 amide bonds. The molecule has 162 valence electrons. The number of rotatable bonds is 9. The molecule has 0 spiro atoms. The summed E-state index contributed by atoms with van der Waals surface area (Å²) < 4.78 is 20.9. The molecule has 0 atom stereocenters. The summed E-state index contributed by atoms with van der Waals surface area (Å²) in [5, 5.41) is 11.6. The first kappa shape index (κ1) is 25.5. The largest absolute Gasteiger partial charge is 0.494 e.